The van der Waals surface area contributed by atoms with E-state index in [2.05, 4.69) is 9.88 Å². The molecule has 5 nitrogen and oxygen atoms in total. The minimum atomic E-state index is -0.218. The highest BCUT2D eigenvalue weighted by Gasteiger charge is 2.25. The first-order valence-corrected chi connectivity index (χ1v) is 7.93. The maximum absolute atomic E-state index is 12.4. The summed E-state index contributed by atoms with van der Waals surface area (Å²) >= 11 is 0. The van der Waals surface area contributed by atoms with Crippen LogP contribution in [0.25, 0.3) is 0 Å². The van der Waals surface area contributed by atoms with Crippen LogP contribution in [0.1, 0.15) is 36.0 Å². The largest absolute Gasteiger partial charge is 0.339 e. The molecule has 21 heavy (non-hydrogen) atoms. The molecule has 3 rings (SSSR count). The second-order valence-corrected chi connectivity index (χ2v) is 6.18. The molecule has 114 valence electrons. The Bertz CT molecular complexity index is 540. The van der Waals surface area contributed by atoms with Crippen molar-refractivity contribution in [3.8, 4) is 0 Å². The van der Waals surface area contributed by atoms with Crippen molar-refractivity contribution >= 4 is 5.91 Å². The zero-order chi connectivity index (χ0) is 14.7. The molecule has 0 bridgehead atoms. The highest BCUT2D eigenvalue weighted by Crippen LogP contribution is 2.21. The third-order valence-corrected chi connectivity index (χ3v) is 4.64. The monoisotopic (exact) mass is 289 g/mol. The van der Waals surface area contributed by atoms with Crippen LogP contribution >= 0.6 is 0 Å². The second kappa shape index (κ2) is 6.43. The molecule has 2 fully saturated rings. The third kappa shape index (κ3) is 3.53. The van der Waals surface area contributed by atoms with E-state index in [1.807, 2.05) is 4.90 Å². The fourth-order valence-electron chi connectivity index (χ4n) is 3.41. The number of pyridine rings is 1. The Hall–Kier alpha value is -1.62. The summed E-state index contributed by atoms with van der Waals surface area (Å²) in [5.41, 5.74) is 0.279. The molecule has 2 aliphatic rings. The van der Waals surface area contributed by atoms with Crippen LogP contribution in [0.3, 0.4) is 0 Å². The quantitative estimate of drug-likeness (QED) is 0.913. The number of H-pyrrole nitrogens is 1. The van der Waals surface area contributed by atoms with Gasteiger partial charge in [0.25, 0.3) is 5.91 Å². The van der Waals surface area contributed by atoms with Crippen LogP contribution in [0.2, 0.25) is 0 Å². The van der Waals surface area contributed by atoms with Crippen molar-refractivity contribution in [1.29, 1.82) is 0 Å². The number of amides is 1. The minimum absolute atomic E-state index is 0.0132. The summed E-state index contributed by atoms with van der Waals surface area (Å²) in [7, 11) is 0. The van der Waals surface area contributed by atoms with Crippen molar-refractivity contribution in [3.05, 3.63) is 34.2 Å². The summed E-state index contributed by atoms with van der Waals surface area (Å²) in [5.74, 6) is 0.701. The van der Waals surface area contributed by atoms with Crippen molar-refractivity contribution in [2.45, 2.75) is 25.7 Å². The van der Waals surface area contributed by atoms with Crippen LogP contribution in [0.4, 0.5) is 0 Å². The lowest BCUT2D eigenvalue weighted by Gasteiger charge is -2.33. The van der Waals surface area contributed by atoms with Gasteiger partial charge in [0.05, 0.1) is 0 Å². The number of nitrogens with zero attached hydrogens (tertiary/aromatic N) is 2. The maximum atomic E-state index is 12.4. The zero-order valence-electron chi connectivity index (χ0n) is 12.4. The van der Waals surface area contributed by atoms with Gasteiger partial charge in [-0.1, -0.05) is 0 Å². The number of rotatable bonds is 3. The van der Waals surface area contributed by atoms with Gasteiger partial charge in [-0.05, 0) is 50.8 Å². The summed E-state index contributed by atoms with van der Waals surface area (Å²) in [4.78, 5) is 30.6. The topological polar surface area (TPSA) is 56.4 Å². The number of aromatic amines is 1. The van der Waals surface area contributed by atoms with E-state index in [1.54, 1.807) is 6.07 Å². The fraction of sp³-hybridized carbons (Fsp3) is 0.625. The second-order valence-electron chi connectivity index (χ2n) is 6.18. The van der Waals surface area contributed by atoms with E-state index in [9.17, 15) is 9.59 Å². The molecule has 0 aliphatic carbocycles. The van der Waals surface area contributed by atoms with Crippen molar-refractivity contribution in [2.75, 3.05) is 32.7 Å². The van der Waals surface area contributed by atoms with Crippen molar-refractivity contribution in [3.63, 3.8) is 0 Å². The number of likely N-dealkylation sites (tertiary alicyclic amines) is 2. The molecule has 0 aromatic carbocycles. The number of hydrogen-bond donors (Lipinski definition) is 1. The van der Waals surface area contributed by atoms with E-state index < -0.39 is 0 Å². The van der Waals surface area contributed by atoms with Crippen LogP contribution < -0.4 is 5.56 Å². The smallest absolute Gasteiger partial charge is 0.254 e. The van der Waals surface area contributed by atoms with Crippen LogP contribution in [-0.4, -0.2) is 53.4 Å². The van der Waals surface area contributed by atoms with Gasteiger partial charge in [0.1, 0.15) is 0 Å². The first kappa shape index (κ1) is 14.3. The average Bonchev–Trinajstić information content (AvgIpc) is 3.00. The van der Waals surface area contributed by atoms with Crippen molar-refractivity contribution in [1.82, 2.24) is 14.8 Å². The summed E-state index contributed by atoms with van der Waals surface area (Å²) in [6.07, 6.45) is 6.35. The highest BCUT2D eigenvalue weighted by atomic mass is 16.2. The SMILES string of the molecule is O=C(c1cc[nH]c(=O)c1)N1CCC(CN2CCCC2)CC1. The standard InChI is InChI=1S/C16H23N3O2/c20-15-11-14(3-6-17-15)16(21)19-9-4-13(5-10-19)12-18-7-1-2-8-18/h3,6,11,13H,1-2,4-5,7-10,12H2,(H,17,20). The lowest BCUT2D eigenvalue weighted by molar-refractivity contribution is 0.0672. The van der Waals surface area contributed by atoms with E-state index in [1.165, 1.54) is 44.7 Å². The van der Waals surface area contributed by atoms with Crippen LogP contribution in [0, 0.1) is 5.92 Å². The van der Waals surface area contributed by atoms with Crippen molar-refractivity contribution in [2.24, 2.45) is 5.92 Å². The molecule has 0 radical (unpaired) electrons. The minimum Gasteiger partial charge on any atom is -0.339 e. The average molecular weight is 289 g/mol. The molecule has 1 aromatic rings. The zero-order valence-corrected chi connectivity index (χ0v) is 12.4. The Morgan fingerprint density at radius 2 is 1.90 bits per heavy atom. The lowest BCUT2D eigenvalue weighted by Crippen LogP contribution is -2.41. The summed E-state index contributed by atoms with van der Waals surface area (Å²) in [6.45, 7) is 5.29. The van der Waals surface area contributed by atoms with Gasteiger partial charge in [-0.2, -0.15) is 0 Å². The number of aromatic nitrogens is 1. The summed E-state index contributed by atoms with van der Waals surface area (Å²) < 4.78 is 0. The number of carbonyl (C=O) groups excluding carboxylic acids is 1. The molecule has 0 atom stereocenters. The molecule has 2 saturated heterocycles. The molecular weight excluding hydrogens is 266 g/mol. The first-order valence-electron chi connectivity index (χ1n) is 7.93. The molecule has 0 saturated carbocycles. The van der Waals surface area contributed by atoms with E-state index >= 15 is 0 Å². The van der Waals surface area contributed by atoms with Gasteiger partial charge >= 0.3 is 0 Å². The first-order chi connectivity index (χ1) is 10.2. The number of carbonyl (C=O) groups is 1. The third-order valence-electron chi connectivity index (χ3n) is 4.64. The summed E-state index contributed by atoms with van der Waals surface area (Å²) in [5, 5.41) is 0. The molecule has 5 heteroatoms. The van der Waals surface area contributed by atoms with Gasteiger partial charge in [0.15, 0.2) is 0 Å². The van der Waals surface area contributed by atoms with E-state index in [0.29, 0.717) is 11.5 Å². The molecule has 0 spiro atoms. The Morgan fingerprint density at radius 3 is 2.57 bits per heavy atom. The van der Waals surface area contributed by atoms with E-state index in [0.717, 1.165) is 25.9 Å². The summed E-state index contributed by atoms with van der Waals surface area (Å²) in [6, 6.07) is 3.07. The van der Waals surface area contributed by atoms with Gasteiger partial charge in [-0.25, -0.2) is 0 Å². The Labute approximate surface area is 124 Å². The van der Waals surface area contributed by atoms with Crippen LogP contribution in [0.15, 0.2) is 23.1 Å². The molecule has 1 N–H and O–H groups in total. The molecular formula is C16H23N3O2. The van der Waals surface area contributed by atoms with E-state index in [-0.39, 0.29) is 11.5 Å². The molecule has 0 unspecified atom stereocenters. The van der Waals surface area contributed by atoms with Gasteiger partial charge < -0.3 is 14.8 Å². The van der Waals surface area contributed by atoms with Crippen LogP contribution in [-0.2, 0) is 0 Å². The maximum Gasteiger partial charge on any atom is 0.254 e. The number of nitrogens with one attached hydrogen (secondary N) is 1. The fourth-order valence-corrected chi connectivity index (χ4v) is 3.41. The Kier molecular flexibility index (Phi) is 4.39. The number of hydrogen-bond acceptors (Lipinski definition) is 3. The van der Waals surface area contributed by atoms with Crippen molar-refractivity contribution < 1.29 is 4.79 Å². The molecule has 2 aliphatic heterocycles. The van der Waals surface area contributed by atoms with Gasteiger partial charge in [0.2, 0.25) is 5.56 Å². The molecule has 3 heterocycles. The van der Waals surface area contributed by atoms with E-state index in [4.69, 9.17) is 0 Å². The molecule has 1 aromatic heterocycles. The lowest BCUT2D eigenvalue weighted by atomic mass is 9.96. The number of piperidine rings is 1. The highest BCUT2D eigenvalue weighted by molar-refractivity contribution is 5.94. The van der Waals surface area contributed by atoms with Crippen LogP contribution in [0.5, 0.6) is 0 Å². The Morgan fingerprint density at radius 1 is 1.19 bits per heavy atom. The predicted molar refractivity (Wildman–Crippen MR) is 81.4 cm³/mol. The van der Waals surface area contributed by atoms with Gasteiger partial charge in [-0.3, -0.25) is 9.59 Å². The van der Waals surface area contributed by atoms with Gasteiger partial charge in [0, 0.05) is 37.5 Å². The van der Waals surface area contributed by atoms with Gasteiger partial charge in [-0.15, -0.1) is 0 Å². The normalized spacial score (nSPS) is 20.9. The molecule has 1 amide bonds. The Balaban J connectivity index is 1.53. The predicted octanol–water partition coefficient (Wildman–Crippen LogP) is 1.32.